The molecule has 26 heavy (non-hydrogen) atoms. The Morgan fingerprint density at radius 2 is 1.58 bits per heavy atom. The van der Waals surface area contributed by atoms with Gasteiger partial charge in [-0.3, -0.25) is 4.79 Å². The molecule has 1 amide bonds. The van der Waals surface area contributed by atoms with Crippen LogP contribution in [-0.4, -0.2) is 60.0 Å². The number of aromatic nitrogens is 2. The van der Waals surface area contributed by atoms with Crippen molar-refractivity contribution in [2.45, 2.75) is 12.8 Å². The van der Waals surface area contributed by atoms with Crippen molar-refractivity contribution < 1.29 is 9.18 Å². The van der Waals surface area contributed by atoms with E-state index in [0.717, 1.165) is 37.9 Å². The number of halogens is 1. The van der Waals surface area contributed by atoms with E-state index in [1.807, 2.05) is 17.2 Å². The Hall–Kier alpha value is -2.70. The van der Waals surface area contributed by atoms with Crippen molar-refractivity contribution in [2.75, 3.05) is 49.1 Å². The molecule has 3 heterocycles. The molecule has 136 valence electrons. The predicted octanol–water partition coefficient (Wildman–Crippen LogP) is 2.18. The fourth-order valence-corrected chi connectivity index (χ4v) is 3.50. The number of hydrogen-bond donors (Lipinski definition) is 0. The summed E-state index contributed by atoms with van der Waals surface area (Å²) in [4.78, 5) is 27.9. The SMILES string of the molecule is O=C(c1ccc(F)cc1)N1CCN(c2ccnc(N3CCCC3)n2)CC1. The van der Waals surface area contributed by atoms with Crippen LogP contribution in [0.5, 0.6) is 0 Å². The molecule has 0 saturated carbocycles. The molecule has 1 aromatic heterocycles. The molecule has 2 saturated heterocycles. The zero-order valence-corrected chi connectivity index (χ0v) is 14.6. The molecule has 0 bridgehead atoms. The molecule has 0 radical (unpaired) electrons. The van der Waals surface area contributed by atoms with E-state index in [4.69, 9.17) is 4.98 Å². The van der Waals surface area contributed by atoms with Gasteiger partial charge in [0.15, 0.2) is 0 Å². The van der Waals surface area contributed by atoms with E-state index in [-0.39, 0.29) is 11.7 Å². The largest absolute Gasteiger partial charge is 0.353 e. The van der Waals surface area contributed by atoms with Crippen molar-refractivity contribution in [3.05, 3.63) is 47.9 Å². The summed E-state index contributed by atoms with van der Waals surface area (Å²) in [6.45, 7) is 4.73. The predicted molar refractivity (Wildman–Crippen MR) is 98.0 cm³/mol. The van der Waals surface area contributed by atoms with E-state index >= 15 is 0 Å². The summed E-state index contributed by atoms with van der Waals surface area (Å²) in [6, 6.07) is 7.65. The van der Waals surface area contributed by atoms with Gasteiger partial charge < -0.3 is 14.7 Å². The van der Waals surface area contributed by atoms with E-state index in [0.29, 0.717) is 18.7 Å². The molecule has 2 aromatic rings. The molecule has 0 atom stereocenters. The highest BCUT2D eigenvalue weighted by atomic mass is 19.1. The first kappa shape index (κ1) is 16.8. The molecule has 0 aliphatic carbocycles. The average Bonchev–Trinajstić information content (AvgIpc) is 3.23. The third-order valence-corrected chi connectivity index (χ3v) is 5.00. The van der Waals surface area contributed by atoms with E-state index in [9.17, 15) is 9.18 Å². The molecule has 7 heteroatoms. The lowest BCUT2D eigenvalue weighted by Gasteiger charge is -2.35. The molecule has 1 aromatic carbocycles. The van der Waals surface area contributed by atoms with Gasteiger partial charge >= 0.3 is 0 Å². The van der Waals surface area contributed by atoms with Gasteiger partial charge in [0.2, 0.25) is 5.95 Å². The van der Waals surface area contributed by atoms with Crippen LogP contribution < -0.4 is 9.80 Å². The summed E-state index contributed by atoms with van der Waals surface area (Å²) < 4.78 is 13.0. The maximum absolute atomic E-state index is 13.0. The quantitative estimate of drug-likeness (QED) is 0.845. The fourth-order valence-electron chi connectivity index (χ4n) is 3.50. The van der Waals surface area contributed by atoms with E-state index in [1.54, 1.807) is 0 Å². The molecular weight excluding hydrogens is 333 g/mol. The molecule has 2 aliphatic rings. The molecule has 0 N–H and O–H groups in total. The van der Waals surface area contributed by atoms with Crippen molar-refractivity contribution in [1.82, 2.24) is 14.9 Å². The number of benzene rings is 1. The van der Waals surface area contributed by atoms with Gasteiger partial charge in [-0.1, -0.05) is 0 Å². The number of piperazine rings is 1. The summed E-state index contributed by atoms with van der Waals surface area (Å²) in [7, 11) is 0. The monoisotopic (exact) mass is 355 g/mol. The Balaban J connectivity index is 1.39. The minimum atomic E-state index is -0.330. The summed E-state index contributed by atoms with van der Waals surface area (Å²) in [6.07, 6.45) is 4.20. The third-order valence-electron chi connectivity index (χ3n) is 5.00. The van der Waals surface area contributed by atoms with Gasteiger partial charge in [-0.25, -0.2) is 9.37 Å². The van der Waals surface area contributed by atoms with Crippen molar-refractivity contribution in [3.63, 3.8) is 0 Å². The standard InChI is InChI=1S/C19H22FN5O/c20-16-5-3-15(4-6-16)18(26)24-13-11-23(12-14-24)17-7-8-21-19(22-17)25-9-1-2-10-25/h3-8H,1-2,9-14H2. The molecule has 0 unspecified atom stereocenters. The van der Waals surface area contributed by atoms with Gasteiger partial charge in [0, 0.05) is 51.0 Å². The first-order valence-corrected chi connectivity index (χ1v) is 9.08. The van der Waals surface area contributed by atoms with Gasteiger partial charge in [0.1, 0.15) is 11.6 Å². The smallest absolute Gasteiger partial charge is 0.253 e. The van der Waals surface area contributed by atoms with Crippen LogP contribution in [0.4, 0.5) is 16.2 Å². The Labute approximate surface area is 152 Å². The normalized spacial score (nSPS) is 17.7. The second kappa shape index (κ2) is 7.27. The maximum atomic E-state index is 13.0. The fraction of sp³-hybridized carbons (Fsp3) is 0.421. The number of anilines is 2. The van der Waals surface area contributed by atoms with Crippen LogP contribution >= 0.6 is 0 Å². The highest BCUT2D eigenvalue weighted by Gasteiger charge is 2.24. The minimum Gasteiger partial charge on any atom is -0.353 e. The summed E-state index contributed by atoms with van der Waals surface area (Å²) in [5.41, 5.74) is 0.526. The molecule has 0 spiro atoms. The molecule has 2 aliphatic heterocycles. The van der Waals surface area contributed by atoms with Gasteiger partial charge in [0.05, 0.1) is 0 Å². The molecular formula is C19H22FN5O. The third kappa shape index (κ3) is 3.47. The average molecular weight is 355 g/mol. The van der Waals surface area contributed by atoms with Gasteiger partial charge in [-0.15, -0.1) is 0 Å². The van der Waals surface area contributed by atoms with E-state index in [1.165, 1.54) is 37.1 Å². The lowest BCUT2D eigenvalue weighted by Crippen LogP contribution is -2.49. The van der Waals surface area contributed by atoms with Crippen molar-refractivity contribution >= 4 is 17.7 Å². The molecule has 4 rings (SSSR count). The van der Waals surface area contributed by atoms with Gasteiger partial charge in [-0.2, -0.15) is 4.98 Å². The Bertz CT molecular complexity index is 768. The second-order valence-corrected chi connectivity index (χ2v) is 6.70. The Morgan fingerprint density at radius 1 is 0.885 bits per heavy atom. The van der Waals surface area contributed by atoms with Crippen LogP contribution in [-0.2, 0) is 0 Å². The number of hydrogen-bond acceptors (Lipinski definition) is 5. The number of carbonyl (C=O) groups is 1. The van der Waals surface area contributed by atoms with Crippen LogP contribution in [0, 0.1) is 5.82 Å². The van der Waals surface area contributed by atoms with Crippen LogP contribution in [0.15, 0.2) is 36.5 Å². The number of rotatable bonds is 3. The summed E-state index contributed by atoms with van der Waals surface area (Å²) in [5.74, 6) is 1.33. The lowest BCUT2D eigenvalue weighted by molar-refractivity contribution is 0.0746. The minimum absolute atomic E-state index is 0.0508. The maximum Gasteiger partial charge on any atom is 0.253 e. The Morgan fingerprint density at radius 3 is 2.27 bits per heavy atom. The summed E-state index contributed by atoms with van der Waals surface area (Å²) >= 11 is 0. The van der Waals surface area contributed by atoms with Crippen molar-refractivity contribution in [2.24, 2.45) is 0 Å². The van der Waals surface area contributed by atoms with E-state index < -0.39 is 0 Å². The van der Waals surface area contributed by atoms with Crippen molar-refractivity contribution in [3.8, 4) is 0 Å². The first-order chi connectivity index (χ1) is 12.7. The summed E-state index contributed by atoms with van der Waals surface area (Å²) in [5, 5.41) is 0. The van der Waals surface area contributed by atoms with Crippen LogP contribution in [0.1, 0.15) is 23.2 Å². The first-order valence-electron chi connectivity index (χ1n) is 9.08. The van der Waals surface area contributed by atoms with Gasteiger partial charge in [-0.05, 0) is 43.2 Å². The lowest BCUT2D eigenvalue weighted by atomic mass is 10.2. The zero-order chi connectivity index (χ0) is 17.9. The highest BCUT2D eigenvalue weighted by molar-refractivity contribution is 5.94. The number of amides is 1. The second-order valence-electron chi connectivity index (χ2n) is 6.70. The molecule has 2 fully saturated rings. The number of carbonyl (C=O) groups excluding carboxylic acids is 1. The highest BCUT2D eigenvalue weighted by Crippen LogP contribution is 2.20. The Kier molecular flexibility index (Phi) is 4.69. The number of nitrogens with zero attached hydrogens (tertiary/aromatic N) is 5. The molecule has 6 nitrogen and oxygen atoms in total. The van der Waals surface area contributed by atoms with Gasteiger partial charge in [0.25, 0.3) is 5.91 Å². The van der Waals surface area contributed by atoms with Crippen LogP contribution in [0.25, 0.3) is 0 Å². The van der Waals surface area contributed by atoms with Crippen molar-refractivity contribution in [1.29, 1.82) is 0 Å². The topological polar surface area (TPSA) is 52.6 Å². The van der Waals surface area contributed by atoms with Crippen LogP contribution in [0.3, 0.4) is 0 Å². The van der Waals surface area contributed by atoms with Crippen LogP contribution in [0.2, 0.25) is 0 Å². The van der Waals surface area contributed by atoms with E-state index in [2.05, 4.69) is 14.8 Å². The zero-order valence-electron chi connectivity index (χ0n) is 14.6.